The molecule has 150 valence electrons. The van der Waals surface area contributed by atoms with Crippen LogP contribution in [0.15, 0.2) is 65.8 Å². The number of benzene rings is 2. The fourth-order valence-corrected chi connectivity index (χ4v) is 3.73. The highest BCUT2D eigenvalue weighted by Gasteiger charge is 2.47. The molecule has 0 radical (unpaired) electrons. The highest BCUT2D eigenvalue weighted by atomic mass is 16.5. The van der Waals surface area contributed by atoms with Crippen molar-refractivity contribution >= 4 is 17.6 Å². The van der Waals surface area contributed by atoms with Crippen LogP contribution in [0.5, 0.6) is 17.2 Å². The minimum absolute atomic E-state index is 0.0968. The van der Waals surface area contributed by atoms with Gasteiger partial charge in [0.05, 0.1) is 7.11 Å². The fourth-order valence-electron chi connectivity index (χ4n) is 3.73. The van der Waals surface area contributed by atoms with Crippen LogP contribution >= 0.6 is 0 Å². The second-order valence-corrected chi connectivity index (χ2v) is 6.94. The summed E-state index contributed by atoms with van der Waals surface area (Å²) in [6.45, 7) is 0.215. The van der Waals surface area contributed by atoms with Gasteiger partial charge in [-0.3, -0.25) is 9.78 Å². The Bertz CT molecular complexity index is 1180. The number of nitrogens with two attached hydrogens (primary N) is 1. The van der Waals surface area contributed by atoms with E-state index in [1.165, 1.54) is 0 Å². The van der Waals surface area contributed by atoms with Gasteiger partial charge in [-0.15, -0.1) is 0 Å². The second-order valence-electron chi connectivity index (χ2n) is 6.94. The Kier molecular flexibility index (Phi) is 4.06. The SMILES string of the molecule is COc1ccc2c(c1)[C@]1(COC(N)=N1)c1cc(NC(=O)c3ccccn3)ccc1O2. The number of methoxy groups -OCH3 is 1. The second kappa shape index (κ2) is 6.77. The van der Waals surface area contributed by atoms with Gasteiger partial charge in [0.1, 0.15) is 29.5 Å². The number of anilines is 1. The molecule has 2 aliphatic rings. The number of rotatable bonds is 3. The number of pyridine rings is 1. The summed E-state index contributed by atoms with van der Waals surface area (Å²) in [7, 11) is 1.60. The van der Waals surface area contributed by atoms with E-state index in [0.29, 0.717) is 28.6 Å². The van der Waals surface area contributed by atoms with Crippen LogP contribution in [0.3, 0.4) is 0 Å². The van der Waals surface area contributed by atoms with E-state index < -0.39 is 5.54 Å². The molecule has 0 fully saturated rings. The molecule has 0 saturated carbocycles. The molecule has 3 N–H and O–H groups in total. The van der Waals surface area contributed by atoms with Gasteiger partial charge in [-0.05, 0) is 48.5 Å². The number of ether oxygens (including phenoxy) is 3. The number of amides is 1. The smallest absolute Gasteiger partial charge is 0.283 e. The largest absolute Gasteiger partial charge is 0.497 e. The molecule has 2 aromatic carbocycles. The lowest BCUT2D eigenvalue weighted by atomic mass is 9.81. The number of carbonyl (C=O) groups is 1. The van der Waals surface area contributed by atoms with E-state index in [9.17, 15) is 4.79 Å². The molecular weight excluding hydrogens is 384 g/mol. The zero-order valence-corrected chi connectivity index (χ0v) is 16.1. The zero-order valence-electron chi connectivity index (χ0n) is 16.1. The maximum absolute atomic E-state index is 12.5. The van der Waals surface area contributed by atoms with Crippen molar-refractivity contribution in [1.29, 1.82) is 0 Å². The minimum atomic E-state index is -0.896. The summed E-state index contributed by atoms with van der Waals surface area (Å²) >= 11 is 0. The number of hydrogen-bond acceptors (Lipinski definition) is 7. The van der Waals surface area contributed by atoms with Gasteiger partial charge in [-0.2, -0.15) is 0 Å². The van der Waals surface area contributed by atoms with Crippen LogP contribution in [0, 0.1) is 0 Å². The first kappa shape index (κ1) is 18.0. The summed E-state index contributed by atoms with van der Waals surface area (Å²) in [5.74, 6) is 1.62. The fraction of sp³-hybridized carbons (Fsp3) is 0.136. The van der Waals surface area contributed by atoms with Gasteiger partial charge in [0, 0.05) is 23.0 Å². The topological polar surface area (TPSA) is 108 Å². The molecule has 8 nitrogen and oxygen atoms in total. The lowest BCUT2D eigenvalue weighted by molar-refractivity contribution is 0.102. The molecule has 0 aliphatic carbocycles. The van der Waals surface area contributed by atoms with Gasteiger partial charge >= 0.3 is 0 Å². The molecule has 5 rings (SSSR count). The standard InChI is InChI=1S/C22H18N4O4/c1-28-14-6-8-19-16(11-14)22(12-29-21(23)26-22)15-10-13(5-7-18(15)30-19)25-20(27)17-4-2-3-9-24-17/h2-11H,12H2,1H3,(H2,23,26)(H,25,27)/t22-/m0/s1. The predicted molar refractivity (Wildman–Crippen MR) is 110 cm³/mol. The highest BCUT2D eigenvalue weighted by Crippen LogP contribution is 2.52. The van der Waals surface area contributed by atoms with E-state index in [4.69, 9.17) is 19.9 Å². The van der Waals surface area contributed by atoms with Crippen molar-refractivity contribution in [2.75, 3.05) is 19.0 Å². The number of amidine groups is 1. The number of nitrogens with zero attached hydrogens (tertiary/aromatic N) is 2. The van der Waals surface area contributed by atoms with Crippen LogP contribution in [0.1, 0.15) is 21.6 Å². The molecule has 0 bridgehead atoms. The summed E-state index contributed by atoms with van der Waals surface area (Å²) in [5.41, 5.74) is 7.43. The third kappa shape index (κ3) is 2.81. The van der Waals surface area contributed by atoms with Crippen LogP contribution in [0.4, 0.5) is 5.69 Å². The molecule has 1 spiro atoms. The highest BCUT2D eigenvalue weighted by molar-refractivity contribution is 6.03. The number of carbonyl (C=O) groups excluding carboxylic acids is 1. The molecule has 8 heteroatoms. The monoisotopic (exact) mass is 402 g/mol. The molecular formula is C22H18N4O4. The van der Waals surface area contributed by atoms with Gasteiger partial charge in [-0.25, -0.2) is 4.99 Å². The first-order valence-electron chi connectivity index (χ1n) is 9.30. The number of hydrogen-bond donors (Lipinski definition) is 2. The molecule has 2 aliphatic heterocycles. The van der Waals surface area contributed by atoms with Gasteiger partial charge < -0.3 is 25.3 Å². The quantitative estimate of drug-likeness (QED) is 0.697. The van der Waals surface area contributed by atoms with Crippen molar-refractivity contribution in [3.63, 3.8) is 0 Å². The molecule has 0 unspecified atom stereocenters. The van der Waals surface area contributed by atoms with Crippen LogP contribution in [0.2, 0.25) is 0 Å². The Balaban J connectivity index is 1.59. The average molecular weight is 402 g/mol. The Morgan fingerprint density at radius 2 is 1.93 bits per heavy atom. The van der Waals surface area contributed by atoms with E-state index >= 15 is 0 Å². The number of aromatic nitrogens is 1. The summed E-state index contributed by atoms with van der Waals surface area (Å²) in [6.07, 6.45) is 1.57. The van der Waals surface area contributed by atoms with E-state index in [1.807, 2.05) is 24.3 Å². The summed E-state index contributed by atoms with van der Waals surface area (Å²) in [6, 6.07) is 16.2. The molecule has 3 heterocycles. The Morgan fingerprint density at radius 1 is 1.13 bits per heavy atom. The van der Waals surface area contributed by atoms with Gasteiger partial charge in [-0.1, -0.05) is 6.07 Å². The molecule has 3 aromatic rings. The van der Waals surface area contributed by atoms with Gasteiger partial charge in [0.25, 0.3) is 11.9 Å². The average Bonchev–Trinajstić information content (AvgIpc) is 3.17. The van der Waals surface area contributed by atoms with Crippen LogP contribution in [0.25, 0.3) is 0 Å². The lowest BCUT2D eigenvalue weighted by Crippen LogP contribution is -2.31. The van der Waals surface area contributed by atoms with E-state index in [1.54, 1.807) is 43.6 Å². The minimum Gasteiger partial charge on any atom is -0.497 e. The maximum atomic E-state index is 12.5. The molecule has 30 heavy (non-hydrogen) atoms. The van der Waals surface area contributed by atoms with Crippen molar-refractivity contribution in [2.24, 2.45) is 10.7 Å². The summed E-state index contributed by atoms with van der Waals surface area (Å²) in [5, 5.41) is 2.87. The van der Waals surface area contributed by atoms with Gasteiger partial charge in [0.2, 0.25) is 0 Å². The third-order valence-corrected chi connectivity index (χ3v) is 5.16. The predicted octanol–water partition coefficient (Wildman–Crippen LogP) is 3.04. The summed E-state index contributed by atoms with van der Waals surface area (Å²) in [4.78, 5) is 21.2. The van der Waals surface area contributed by atoms with Crippen molar-refractivity contribution in [3.05, 3.63) is 77.6 Å². The van der Waals surface area contributed by atoms with Crippen LogP contribution in [-0.4, -0.2) is 30.6 Å². The van der Waals surface area contributed by atoms with Crippen LogP contribution < -0.4 is 20.5 Å². The van der Waals surface area contributed by atoms with Crippen molar-refractivity contribution in [1.82, 2.24) is 4.98 Å². The number of aliphatic imine (C=N–C) groups is 1. The maximum Gasteiger partial charge on any atom is 0.283 e. The van der Waals surface area contributed by atoms with E-state index in [-0.39, 0.29) is 18.5 Å². The molecule has 1 amide bonds. The first-order chi connectivity index (χ1) is 14.6. The van der Waals surface area contributed by atoms with Gasteiger partial charge in [0.15, 0.2) is 5.54 Å². The zero-order chi connectivity index (χ0) is 20.7. The summed E-state index contributed by atoms with van der Waals surface area (Å²) < 4.78 is 17.0. The molecule has 0 saturated heterocycles. The van der Waals surface area contributed by atoms with Crippen molar-refractivity contribution in [2.45, 2.75) is 5.54 Å². The Hall–Kier alpha value is -4.07. The van der Waals surface area contributed by atoms with E-state index in [2.05, 4.69) is 15.3 Å². The normalized spacial score (nSPS) is 18.5. The third-order valence-electron chi connectivity index (χ3n) is 5.16. The van der Waals surface area contributed by atoms with Crippen molar-refractivity contribution in [3.8, 4) is 17.2 Å². The lowest BCUT2D eigenvalue weighted by Gasteiger charge is -2.33. The number of fused-ring (bicyclic) bond motifs is 4. The van der Waals surface area contributed by atoms with Crippen molar-refractivity contribution < 1.29 is 19.0 Å². The molecule has 1 aromatic heterocycles. The Labute approximate surface area is 172 Å². The molecule has 1 atom stereocenters. The first-order valence-corrected chi connectivity index (χ1v) is 9.30. The number of nitrogens with one attached hydrogen (secondary N) is 1. The van der Waals surface area contributed by atoms with Crippen LogP contribution in [-0.2, 0) is 10.3 Å². The Morgan fingerprint density at radius 3 is 2.63 bits per heavy atom. The van der Waals surface area contributed by atoms with E-state index in [0.717, 1.165) is 11.1 Å².